The first-order chi connectivity index (χ1) is 9.72. The average Bonchev–Trinajstić information content (AvgIpc) is 2.48. The van der Waals surface area contributed by atoms with Gasteiger partial charge in [-0.1, -0.05) is 6.07 Å². The van der Waals surface area contributed by atoms with Gasteiger partial charge in [0.05, 0.1) is 13.7 Å². The van der Waals surface area contributed by atoms with E-state index in [9.17, 15) is 4.79 Å². The van der Waals surface area contributed by atoms with Gasteiger partial charge < -0.3 is 19.7 Å². The Labute approximate surface area is 119 Å². The average molecular weight is 278 g/mol. The van der Waals surface area contributed by atoms with E-state index < -0.39 is 0 Å². The van der Waals surface area contributed by atoms with Crippen LogP contribution in [0.5, 0.6) is 5.75 Å². The zero-order valence-corrected chi connectivity index (χ0v) is 12.1. The lowest BCUT2D eigenvalue weighted by molar-refractivity contribution is 0.104. The van der Waals surface area contributed by atoms with Crippen LogP contribution in [0.4, 0.5) is 10.5 Å². The number of benzene rings is 1. The smallest absolute Gasteiger partial charge is 0.321 e. The van der Waals surface area contributed by atoms with E-state index in [0.29, 0.717) is 12.5 Å². The highest BCUT2D eigenvalue weighted by molar-refractivity contribution is 5.89. The van der Waals surface area contributed by atoms with Gasteiger partial charge in [-0.2, -0.15) is 0 Å². The first-order valence-electron chi connectivity index (χ1n) is 6.92. The minimum absolute atomic E-state index is 0.0564. The largest absolute Gasteiger partial charge is 0.497 e. The van der Waals surface area contributed by atoms with Crippen molar-refractivity contribution in [2.45, 2.75) is 12.8 Å². The van der Waals surface area contributed by atoms with Gasteiger partial charge in [-0.25, -0.2) is 4.79 Å². The Bertz CT molecular complexity index is 448. The number of ether oxygens (including phenoxy) is 2. The number of piperidine rings is 1. The van der Waals surface area contributed by atoms with Crippen molar-refractivity contribution in [3.63, 3.8) is 0 Å². The highest BCUT2D eigenvalue weighted by Crippen LogP contribution is 2.20. The van der Waals surface area contributed by atoms with Crippen molar-refractivity contribution >= 4 is 11.7 Å². The quantitative estimate of drug-likeness (QED) is 0.921. The molecule has 0 spiro atoms. The first kappa shape index (κ1) is 14.7. The van der Waals surface area contributed by atoms with Crippen LogP contribution >= 0.6 is 0 Å². The third kappa shape index (κ3) is 3.87. The number of carbonyl (C=O) groups excluding carboxylic acids is 1. The van der Waals surface area contributed by atoms with Gasteiger partial charge in [0.15, 0.2) is 0 Å². The number of amides is 2. The number of carbonyl (C=O) groups is 1. The second-order valence-corrected chi connectivity index (χ2v) is 5.07. The molecule has 1 saturated heterocycles. The number of likely N-dealkylation sites (tertiary alicyclic amines) is 1. The lowest BCUT2D eigenvalue weighted by atomic mass is 9.99. The van der Waals surface area contributed by atoms with Crippen LogP contribution in [0.25, 0.3) is 0 Å². The van der Waals surface area contributed by atoms with Gasteiger partial charge in [0.2, 0.25) is 0 Å². The summed E-state index contributed by atoms with van der Waals surface area (Å²) in [5.74, 6) is 1.17. The summed E-state index contributed by atoms with van der Waals surface area (Å²) in [4.78, 5) is 14.1. The van der Waals surface area contributed by atoms with Crippen molar-refractivity contribution in [2.75, 3.05) is 39.2 Å². The Morgan fingerprint density at radius 1 is 1.45 bits per heavy atom. The molecule has 0 bridgehead atoms. The summed E-state index contributed by atoms with van der Waals surface area (Å²) in [5.41, 5.74) is 0.753. The lowest BCUT2D eigenvalue weighted by Crippen LogP contribution is -2.43. The van der Waals surface area contributed by atoms with E-state index >= 15 is 0 Å². The Balaban J connectivity index is 1.93. The highest BCUT2D eigenvalue weighted by atomic mass is 16.5. The van der Waals surface area contributed by atoms with E-state index in [4.69, 9.17) is 9.47 Å². The standard InChI is InChI=1S/C15H22N2O3/c1-19-11-12-5-4-8-17(10-12)15(18)16-13-6-3-7-14(9-13)20-2/h3,6-7,9,12H,4-5,8,10-11H2,1-2H3,(H,16,18). The molecule has 1 aliphatic rings. The fourth-order valence-electron chi connectivity index (χ4n) is 2.52. The van der Waals surface area contributed by atoms with Crippen LogP contribution in [-0.4, -0.2) is 44.8 Å². The Morgan fingerprint density at radius 3 is 3.05 bits per heavy atom. The van der Waals surface area contributed by atoms with Crippen molar-refractivity contribution in [1.82, 2.24) is 4.90 Å². The second-order valence-electron chi connectivity index (χ2n) is 5.07. The van der Waals surface area contributed by atoms with Gasteiger partial charge in [-0.05, 0) is 25.0 Å². The van der Waals surface area contributed by atoms with E-state index in [-0.39, 0.29) is 6.03 Å². The molecule has 0 aliphatic carbocycles. The molecule has 0 aromatic heterocycles. The molecule has 1 aromatic carbocycles. The monoisotopic (exact) mass is 278 g/mol. The van der Waals surface area contributed by atoms with Gasteiger partial charge in [-0.3, -0.25) is 0 Å². The third-order valence-corrected chi connectivity index (χ3v) is 3.53. The van der Waals surface area contributed by atoms with Crippen LogP contribution in [0.15, 0.2) is 24.3 Å². The van der Waals surface area contributed by atoms with E-state index in [2.05, 4.69) is 5.32 Å². The molecule has 1 aromatic rings. The fourth-order valence-corrected chi connectivity index (χ4v) is 2.52. The summed E-state index contributed by atoms with van der Waals surface area (Å²) in [6, 6.07) is 7.33. The van der Waals surface area contributed by atoms with Gasteiger partial charge in [0.25, 0.3) is 0 Å². The predicted molar refractivity (Wildman–Crippen MR) is 78.2 cm³/mol. The van der Waals surface area contributed by atoms with Crippen molar-refractivity contribution < 1.29 is 14.3 Å². The molecule has 5 heteroatoms. The van der Waals surface area contributed by atoms with Gasteiger partial charge in [-0.15, -0.1) is 0 Å². The summed E-state index contributed by atoms with van der Waals surface area (Å²) in [5, 5.41) is 2.92. The minimum atomic E-state index is -0.0564. The Morgan fingerprint density at radius 2 is 2.30 bits per heavy atom. The first-order valence-corrected chi connectivity index (χ1v) is 6.92. The number of hydrogen-bond acceptors (Lipinski definition) is 3. The lowest BCUT2D eigenvalue weighted by Gasteiger charge is -2.32. The van der Waals surface area contributed by atoms with Gasteiger partial charge >= 0.3 is 6.03 Å². The van der Waals surface area contributed by atoms with Crippen LogP contribution in [0.3, 0.4) is 0 Å². The number of urea groups is 1. The van der Waals surface area contributed by atoms with Crippen LogP contribution in [0, 0.1) is 5.92 Å². The summed E-state index contributed by atoms with van der Waals surface area (Å²) < 4.78 is 10.3. The molecule has 2 amide bonds. The van der Waals surface area contributed by atoms with Gasteiger partial charge in [0, 0.05) is 37.9 Å². The zero-order chi connectivity index (χ0) is 14.4. The molecule has 2 rings (SSSR count). The molecule has 20 heavy (non-hydrogen) atoms. The van der Waals surface area contributed by atoms with E-state index in [1.165, 1.54) is 0 Å². The summed E-state index contributed by atoms with van der Waals surface area (Å²) in [6.07, 6.45) is 2.15. The van der Waals surface area contributed by atoms with Crippen LogP contribution < -0.4 is 10.1 Å². The Hall–Kier alpha value is -1.75. The van der Waals surface area contributed by atoms with Crippen molar-refractivity contribution in [1.29, 1.82) is 0 Å². The number of nitrogens with zero attached hydrogens (tertiary/aromatic N) is 1. The summed E-state index contributed by atoms with van der Waals surface area (Å²) in [6.45, 7) is 2.27. The topological polar surface area (TPSA) is 50.8 Å². The molecule has 1 atom stereocenters. The van der Waals surface area contributed by atoms with E-state index in [0.717, 1.165) is 37.4 Å². The number of hydrogen-bond donors (Lipinski definition) is 1. The number of methoxy groups -OCH3 is 2. The maximum absolute atomic E-state index is 12.3. The minimum Gasteiger partial charge on any atom is -0.497 e. The second kappa shape index (κ2) is 7.14. The van der Waals surface area contributed by atoms with Crippen LogP contribution in [-0.2, 0) is 4.74 Å². The molecule has 110 valence electrons. The predicted octanol–water partition coefficient (Wildman–Crippen LogP) is 2.59. The molecule has 1 aliphatic heterocycles. The number of nitrogens with one attached hydrogen (secondary N) is 1. The maximum Gasteiger partial charge on any atom is 0.321 e. The molecule has 0 saturated carbocycles. The number of anilines is 1. The molecule has 1 heterocycles. The molecule has 1 unspecified atom stereocenters. The molecule has 0 radical (unpaired) electrons. The van der Waals surface area contributed by atoms with Gasteiger partial charge in [0.1, 0.15) is 5.75 Å². The Kier molecular flexibility index (Phi) is 5.24. The van der Waals surface area contributed by atoms with E-state index in [1.807, 2.05) is 29.2 Å². The van der Waals surface area contributed by atoms with Crippen molar-refractivity contribution in [3.8, 4) is 5.75 Å². The SMILES string of the molecule is COCC1CCCN(C(=O)Nc2cccc(OC)c2)C1. The molecular formula is C15H22N2O3. The zero-order valence-electron chi connectivity index (χ0n) is 12.1. The van der Waals surface area contributed by atoms with Crippen LogP contribution in [0.1, 0.15) is 12.8 Å². The summed E-state index contributed by atoms with van der Waals surface area (Å²) >= 11 is 0. The normalized spacial score (nSPS) is 18.7. The van der Waals surface area contributed by atoms with Crippen LogP contribution in [0.2, 0.25) is 0 Å². The maximum atomic E-state index is 12.3. The third-order valence-electron chi connectivity index (χ3n) is 3.53. The number of rotatable bonds is 4. The van der Waals surface area contributed by atoms with Crippen molar-refractivity contribution in [2.24, 2.45) is 5.92 Å². The highest BCUT2D eigenvalue weighted by Gasteiger charge is 2.23. The molecule has 5 nitrogen and oxygen atoms in total. The fraction of sp³-hybridized carbons (Fsp3) is 0.533. The van der Waals surface area contributed by atoms with Crippen molar-refractivity contribution in [3.05, 3.63) is 24.3 Å². The molecule has 1 fully saturated rings. The molecule has 1 N–H and O–H groups in total. The van der Waals surface area contributed by atoms with E-state index in [1.54, 1.807) is 14.2 Å². The summed E-state index contributed by atoms with van der Waals surface area (Å²) in [7, 11) is 3.32. The molecular weight excluding hydrogens is 256 g/mol.